The highest BCUT2D eigenvalue weighted by Gasteiger charge is 2.11. The first-order valence-corrected chi connectivity index (χ1v) is 6.49. The van der Waals surface area contributed by atoms with Crippen molar-refractivity contribution in [3.8, 4) is 11.5 Å². The molecule has 0 spiro atoms. The van der Waals surface area contributed by atoms with E-state index in [1.807, 2.05) is 0 Å². The van der Waals surface area contributed by atoms with Gasteiger partial charge in [-0.15, -0.1) is 0 Å². The lowest BCUT2D eigenvalue weighted by atomic mass is 10.2. The number of methoxy groups -OCH3 is 1. The van der Waals surface area contributed by atoms with E-state index < -0.39 is 5.82 Å². The van der Waals surface area contributed by atoms with Crippen LogP contribution in [-0.4, -0.2) is 12.9 Å². The van der Waals surface area contributed by atoms with Gasteiger partial charge in [0.1, 0.15) is 18.3 Å². The van der Waals surface area contributed by atoms with E-state index in [4.69, 9.17) is 32.2 Å². The molecule has 2 aromatic carbocycles. The van der Waals surface area contributed by atoms with Crippen molar-refractivity contribution in [2.75, 3.05) is 7.11 Å². The Hall–Kier alpha value is -2.27. The lowest BCUT2D eigenvalue weighted by molar-refractivity contribution is 0.280. The van der Waals surface area contributed by atoms with Gasteiger partial charge in [0.05, 0.1) is 12.1 Å². The summed E-state index contributed by atoms with van der Waals surface area (Å²) in [5.74, 6) is 0.329. The van der Waals surface area contributed by atoms with Gasteiger partial charge in [-0.05, 0) is 30.3 Å². The summed E-state index contributed by atoms with van der Waals surface area (Å²) in [6, 6.07) is 9.28. The maximum absolute atomic E-state index is 13.7. The molecule has 0 amide bonds. The molecule has 0 fully saturated rings. The Morgan fingerprint density at radius 3 is 2.67 bits per heavy atom. The Kier molecular flexibility index (Phi) is 4.65. The number of nitrogens with one attached hydrogen (secondary N) is 1. The van der Waals surface area contributed by atoms with Crippen molar-refractivity contribution in [2.45, 2.75) is 6.61 Å². The van der Waals surface area contributed by atoms with Crippen molar-refractivity contribution >= 4 is 17.4 Å². The fraction of sp³-hybridized carbons (Fsp3) is 0.133. The average Bonchev–Trinajstić information content (AvgIpc) is 2.46. The van der Waals surface area contributed by atoms with E-state index in [9.17, 15) is 4.39 Å². The number of ether oxygens (including phenoxy) is 2. The number of benzene rings is 2. The van der Waals surface area contributed by atoms with Crippen LogP contribution in [0.4, 0.5) is 4.39 Å². The summed E-state index contributed by atoms with van der Waals surface area (Å²) in [4.78, 5) is 0. The van der Waals surface area contributed by atoms with Crippen LogP contribution in [0.15, 0.2) is 36.4 Å². The Morgan fingerprint density at radius 1 is 1.29 bits per heavy atom. The highest BCUT2D eigenvalue weighted by atomic mass is 35.5. The lowest BCUT2D eigenvalue weighted by Crippen LogP contribution is -2.11. The second-order valence-electron chi connectivity index (χ2n) is 4.27. The molecule has 0 aliphatic rings. The fourth-order valence-electron chi connectivity index (χ4n) is 1.77. The molecule has 6 heteroatoms. The number of nitrogens with two attached hydrogens (primary N) is 1. The second kappa shape index (κ2) is 6.45. The average molecular weight is 309 g/mol. The van der Waals surface area contributed by atoms with Crippen molar-refractivity contribution in [1.82, 2.24) is 0 Å². The van der Waals surface area contributed by atoms with Gasteiger partial charge in [-0.1, -0.05) is 17.7 Å². The van der Waals surface area contributed by atoms with E-state index in [2.05, 4.69) is 0 Å². The molecule has 0 aliphatic carbocycles. The first-order chi connectivity index (χ1) is 10.0. The highest BCUT2D eigenvalue weighted by molar-refractivity contribution is 6.31. The highest BCUT2D eigenvalue weighted by Crippen LogP contribution is 2.30. The van der Waals surface area contributed by atoms with Gasteiger partial charge >= 0.3 is 0 Å². The third kappa shape index (κ3) is 3.44. The Morgan fingerprint density at radius 2 is 2.05 bits per heavy atom. The molecule has 2 rings (SSSR count). The van der Waals surface area contributed by atoms with E-state index in [1.165, 1.54) is 19.2 Å². The van der Waals surface area contributed by atoms with E-state index in [0.29, 0.717) is 22.1 Å². The predicted octanol–water partition coefficient (Wildman–Crippen LogP) is 3.35. The maximum Gasteiger partial charge on any atom is 0.161 e. The quantitative estimate of drug-likeness (QED) is 0.657. The molecule has 110 valence electrons. The number of nitrogen functional groups attached to an aromatic ring is 1. The molecule has 0 atom stereocenters. The van der Waals surface area contributed by atoms with Crippen LogP contribution < -0.4 is 15.2 Å². The summed E-state index contributed by atoms with van der Waals surface area (Å²) in [5, 5.41) is 7.69. The molecule has 21 heavy (non-hydrogen) atoms. The van der Waals surface area contributed by atoms with Gasteiger partial charge in [0.2, 0.25) is 0 Å². The summed E-state index contributed by atoms with van der Waals surface area (Å²) in [5.41, 5.74) is 6.20. The van der Waals surface area contributed by atoms with Gasteiger partial charge in [-0.2, -0.15) is 0 Å². The molecule has 0 aliphatic heterocycles. The molecule has 0 radical (unpaired) electrons. The standard InChI is InChI=1S/C15H14ClFN2O2/c1-20-14-7-9(15(18)19)5-6-13(14)21-8-10-11(16)3-2-4-12(10)17/h2-7H,8H2,1H3,(H3,18,19). The molecule has 0 heterocycles. The number of hydrogen-bond donors (Lipinski definition) is 2. The molecule has 2 aromatic rings. The first kappa shape index (κ1) is 15.1. The van der Waals surface area contributed by atoms with Crippen molar-refractivity contribution in [1.29, 1.82) is 5.41 Å². The Balaban J connectivity index is 2.22. The number of hydrogen-bond acceptors (Lipinski definition) is 3. The van der Waals surface area contributed by atoms with E-state index in [1.54, 1.807) is 24.3 Å². The number of rotatable bonds is 5. The number of halogens is 2. The smallest absolute Gasteiger partial charge is 0.161 e. The summed E-state index contributed by atoms with van der Waals surface area (Å²) >= 11 is 5.94. The van der Waals surface area contributed by atoms with Gasteiger partial charge in [-0.3, -0.25) is 5.41 Å². The lowest BCUT2D eigenvalue weighted by Gasteiger charge is -2.13. The minimum Gasteiger partial charge on any atom is -0.493 e. The normalized spacial score (nSPS) is 10.2. The van der Waals surface area contributed by atoms with Crippen LogP contribution in [0.25, 0.3) is 0 Å². The maximum atomic E-state index is 13.7. The topological polar surface area (TPSA) is 68.3 Å². The van der Waals surface area contributed by atoms with Crippen LogP contribution in [0, 0.1) is 11.2 Å². The van der Waals surface area contributed by atoms with Gasteiger partial charge < -0.3 is 15.2 Å². The van der Waals surface area contributed by atoms with Crippen LogP contribution in [0.1, 0.15) is 11.1 Å². The van der Waals surface area contributed by atoms with Gasteiger partial charge in [-0.25, -0.2) is 4.39 Å². The van der Waals surface area contributed by atoms with Crippen molar-refractivity contribution in [3.63, 3.8) is 0 Å². The summed E-state index contributed by atoms with van der Waals surface area (Å²) in [7, 11) is 1.47. The third-order valence-electron chi connectivity index (χ3n) is 2.91. The summed E-state index contributed by atoms with van der Waals surface area (Å²) in [6.45, 7) is -0.0265. The van der Waals surface area contributed by atoms with Crippen molar-refractivity contribution < 1.29 is 13.9 Å². The van der Waals surface area contributed by atoms with E-state index in [-0.39, 0.29) is 18.0 Å². The molecule has 0 saturated carbocycles. The van der Waals surface area contributed by atoms with Gasteiger partial charge in [0.15, 0.2) is 11.5 Å². The summed E-state index contributed by atoms with van der Waals surface area (Å²) in [6.07, 6.45) is 0. The van der Waals surface area contributed by atoms with E-state index >= 15 is 0 Å². The molecule has 0 aromatic heterocycles. The van der Waals surface area contributed by atoms with Crippen LogP contribution in [-0.2, 0) is 6.61 Å². The molecular formula is C15H14ClFN2O2. The van der Waals surface area contributed by atoms with Crippen LogP contribution in [0.5, 0.6) is 11.5 Å². The molecular weight excluding hydrogens is 295 g/mol. The van der Waals surface area contributed by atoms with Gasteiger partial charge in [0, 0.05) is 11.1 Å². The number of amidine groups is 1. The third-order valence-corrected chi connectivity index (χ3v) is 3.26. The van der Waals surface area contributed by atoms with Crippen LogP contribution in [0.3, 0.4) is 0 Å². The fourth-order valence-corrected chi connectivity index (χ4v) is 1.99. The van der Waals surface area contributed by atoms with E-state index in [0.717, 1.165) is 0 Å². The van der Waals surface area contributed by atoms with Gasteiger partial charge in [0.25, 0.3) is 0 Å². The van der Waals surface area contributed by atoms with Crippen molar-refractivity contribution in [3.05, 3.63) is 58.4 Å². The van der Waals surface area contributed by atoms with Crippen molar-refractivity contribution in [2.24, 2.45) is 5.73 Å². The zero-order valence-electron chi connectivity index (χ0n) is 11.3. The molecule has 0 saturated heterocycles. The predicted molar refractivity (Wildman–Crippen MR) is 79.8 cm³/mol. The Labute approximate surface area is 126 Å². The minimum absolute atomic E-state index is 0.0265. The monoisotopic (exact) mass is 308 g/mol. The largest absolute Gasteiger partial charge is 0.493 e. The molecule has 3 N–H and O–H groups in total. The SMILES string of the molecule is COc1cc(C(=N)N)ccc1OCc1c(F)cccc1Cl. The first-order valence-electron chi connectivity index (χ1n) is 6.11. The minimum atomic E-state index is -0.429. The molecule has 4 nitrogen and oxygen atoms in total. The second-order valence-corrected chi connectivity index (χ2v) is 4.68. The molecule has 0 unspecified atom stereocenters. The Bertz CT molecular complexity index is 656. The molecule has 0 bridgehead atoms. The summed E-state index contributed by atoms with van der Waals surface area (Å²) < 4.78 is 24.4. The zero-order valence-corrected chi connectivity index (χ0v) is 12.1. The zero-order chi connectivity index (χ0) is 15.4. The van der Waals surface area contributed by atoms with Crippen LogP contribution in [0.2, 0.25) is 5.02 Å². The van der Waals surface area contributed by atoms with Crippen LogP contribution >= 0.6 is 11.6 Å².